The number of Topliss-reactive ketones (excluding diaryl/α,β-unsaturated/α-hetero) is 1. The van der Waals surface area contributed by atoms with Crippen molar-refractivity contribution < 1.29 is 19.1 Å². The van der Waals surface area contributed by atoms with Gasteiger partial charge in [-0.25, -0.2) is 0 Å². The van der Waals surface area contributed by atoms with Crippen LogP contribution in [0.3, 0.4) is 0 Å². The zero-order valence-electron chi connectivity index (χ0n) is 10.7. The Morgan fingerprint density at radius 3 is 2.39 bits per heavy atom. The lowest BCUT2D eigenvalue weighted by Gasteiger charge is -2.23. The van der Waals surface area contributed by atoms with E-state index in [4.69, 9.17) is 9.47 Å². The fourth-order valence-electron chi connectivity index (χ4n) is 1.55. The van der Waals surface area contributed by atoms with E-state index in [1.165, 1.54) is 14.0 Å². The van der Waals surface area contributed by atoms with Crippen LogP contribution in [0.4, 0.5) is 0 Å². The normalized spacial score (nSPS) is 10.9. The molecule has 1 aromatic carbocycles. The van der Waals surface area contributed by atoms with Crippen LogP contribution in [0.1, 0.15) is 31.1 Å². The van der Waals surface area contributed by atoms with Crippen LogP contribution in [0.5, 0.6) is 5.75 Å². The monoisotopic (exact) mass is 314 g/mol. The minimum absolute atomic E-state index is 0.275. The first-order valence-electron chi connectivity index (χ1n) is 5.36. The molecular weight excluding hydrogens is 300 g/mol. The molecule has 0 aliphatic rings. The van der Waals surface area contributed by atoms with Gasteiger partial charge in [-0.15, -0.1) is 0 Å². The van der Waals surface area contributed by atoms with E-state index in [0.717, 1.165) is 4.47 Å². The summed E-state index contributed by atoms with van der Waals surface area (Å²) < 4.78 is 10.9. The molecule has 0 heterocycles. The predicted octanol–water partition coefficient (Wildman–Crippen LogP) is 2.98. The summed E-state index contributed by atoms with van der Waals surface area (Å²) in [4.78, 5) is 23.2. The van der Waals surface area contributed by atoms with Gasteiger partial charge in [-0.1, -0.05) is 0 Å². The molecule has 5 heteroatoms. The number of carbonyl (C=O) groups excluding carboxylic acids is 2. The largest absolute Gasteiger partial charge is 0.496 e. The van der Waals surface area contributed by atoms with Crippen LogP contribution in [0.15, 0.2) is 22.7 Å². The number of methoxy groups -OCH3 is 1. The zero-order chi connectivity index (χ0) is 13.9. The van der Waals surface area contributed by atoms with Crippen molar-refractivity contribution in [1.29, 1.82) is 0 Å². The third kappa shape index (κ3) is 3.32. The molecule has 0 amide bonds. The maximum absolute atomic E-state index is 12.2. The van der Waals surface area contributed by atoms with Crippen molar-refractivity contribution in [2.24, 2.45) is 0 Å². The second-order valence-corrected chi connectivity index (χ2v) is 5.14. The van der Waals surface area contributed by atoms with Crippen molar-refractivity contribution in [3.05, 3.63) is 28.2 Å². The molecule has 18 heavy (non-hydrogen) atoms. The van der Waals surface area contributed by atoms with Gasteiger partial charge >= 0.3 is 5.97 Å². The Bertz CT molecular complexity index is 480. The van der Waals surface area contributed by atoms with Crippen LogP contribution in [0.2, 0.25) is 0 Å². The zero-order valence-corrected chi connectivity index (χ0v) is 12.3. The number of esters is 1. The van der Waals surface area contributed by atoms with Crippen molar-refractivity contribution in [2.75, 3.05) is 7.11 Å². The number of hydrogen-bond acceptors (Lipinski definition) is 4. The maximum Gasteiger partial charge on any atom is 0.303 e. The van der Waals surface area contributed by atoms with Gasteiger partial charge in [0.15, 0.2) is 5.60 Å². The van der Waals surface area contributed by atoms with Gasteiger partial charge in [-0.05, 0) is 48.0 Å². The Hall–Kier alpha value is -1.36. The Kier molecular flexibility index (Phi) is 4.51. The molecule has 0 aromatic heterocycles. The molecule has 0 saturated heterocycles. The number of carbonyl (C=O) groups is 2. The van der Waals surface area contributed by atoms with Gasteiger partial charge in [0, 0.05) is 12.5 Å². The molecule has 0 unspecified atom stereocenters. The van der Waals surface area contributed by atoms with Crippen molar-refractivity contribution in [2.45, 2.75) is 26.4 Å². The van der Waals surface area contributed by atoms with Crippen molar-refractivity contribution in [1.82, 2.24) is 0 Å². The molecule has 0 N–H and O–H groups in total. The first-order chi connectivity index (χ1) is 8.27. The Balaban J connectivity index is 3.07. The second-order valence-electron chi connectivity index (χ2n) is 4.28. The van der Waals surface area contributed by atoms with E-state index in [1.54, 1.807) is 32.0 Å². The third-order valence-electron chi connectivity index (χ3n) is 2.36. The summed E-state index contributed by atoms with van der Waals surface area (Å²) >= 11 is 3.31. The Morgan fingerprint density at radius 2 is 1.89 bits per heavy atom. The Labute approximate surface area is 114 Å². The number of hydrogen-bond donors (Lipinski definition) is 0. The average Bonchev–Trinajstić information content (AvgIpc) is 2.27. The van der Waals surface area contributed by atoms with Crippen molar-refractivity contribution in [3.63, 3.8) is 0 Å². The SMILES string of the molecule is COc1cc(C(=O)C(C)(C)OC(C)=O)ccc1Br. The molecule has 0 saturated carbocycles. The van der Waals surface area contributed by atoms with Gasteiger partial charge in [0.05, 0.1) is 11.6 Å². The van der Waals surface area contributed by atoms with Crippen molar-refractivity contribution in [3.8, 4) is 5.75 Å². The summed E-state index contributed by atoms with van der Waals surface area (Å²) in [7, 11) is 1.52. The van der Waals surface area contributed by atoms with Gasteiger partial charge < -0.3 is 9.47 Å². The average molecular weight is 315 g/mol. The molecule has 0 fully saturated rings. The highest BCUT2D eigenvalue weighted by molar-refractivity contribution is 9.10. The van der Waals surface area contributed by atoms with E-state index in [2.05, 4.69) is 15.9 Å². The molecule has 0 bridgehead atoms. The molecule has 0 aliphatic heterocycles. The smallest absolute Gasteiger partial charge is 0.303 e. The molecular formula is C13H15BrO4. The van der Waals surface area contributed by atoms with Gasteiger partial charge in [0.2, 0.25) is 5.78 Å². The Morgan fingerprint density at radius 1 is 1.28 bits per heavy atom. The molecule has 1 aromatic rings. The standard InChI is InChI=1S/C13H15BrO4/c1-8(15)18-13(2,3)12(16)9-5-6-10(14)11(7-9)17-4/h5-7H,1-4H3. The first-order valence-corrected chi connectivity index (χ1v) is 6.15. The molecule has 0 radical (unpaired) electrons. The summed E-state index contributed by atoms with van der Waals surface area (Å²) in [5, 5.41) is 0. The van der Waals surface area contributed by atoms with Crippen LogP contribution in [-0.2, 0) is 9.53 Å². The maximum atomic E-state index is 12.2. The molecule has 0 spiro atoms. The molecule has 98 valence electrons. The second kappa shape index (κ2) is 5.52. The lowest BCUT2D eigenvalue weighted by atomic mass is 9.96. The fraction of sp³-hybridized carbons (Fsp3) is 0.385. The van der Waals surface area contributed by atoms with Gasteiger partial charge in [-0.2, -0.15) is 0 Å². The van der Waals surface area contributed by atoms with Crippen LogP contribution < -0.4 is 4.74 Å². The summed E-state index contributed by atoms with van der Waals surface area (Å²) in [6.07, 6.45) is 0. The highest BCUT2D eigenvalue weighted by Crippen LogP contribution is 2.28. The highest BCUT2D eigenvalue weighted by Gasteiger charge is 2.32. The van der Waals surface area contributed by atoms with E-state index in [9.17, 15) is 9.59 Å². The topological polar surface area (TPSA) is 52.6 Å². The van der Waals surface area contributed by atoms with Crippen LogP contribution in [0.25, 0.3) is 0 Å². The number of ether oxygens (including phenoxy) is 2. The van der Waals surface area contributed by atoms with Gasteiger partial charge in [0.1, 0.15) is 5.75 Å². The summed E-state index contributed by atoms with van der Waals surface area (Å²) in [6.45, 7) is 4.40. The number of halogens is 1. The summed E-state index contributed by atoms with van der Waals surface area (Å²) in [5.74, 6) is -0.208. The number of ketones is 1. The minimum Gasteiger partial charge on any atom is -0.496 e. The van der Waals surface area contributed by atoms with E-state index in [-0.39, 0.29) is 5.78 Å². The van der Waals surface area contributed by atoms with Crippen LogP contribution >= 0.6 is 15.9 Å². The molecule has 1 rings (SSSR count). The van der Waals surface area contributed by atoms with Gasteiger partial charge in [0.25, 0.3) is 0 Å². The quantitative estimate of drug-likeness (QED) is 0.633. The summed E-state index contributed by atoms with van der Waals surface area (Å²) in [6, 6.07) is 4.98. The summed E-state index contributed by atoms with van der Waals surface area (Å²) in [5.41, 5.74) is -0.758. The van der Waals surface area contributed by atoms with Crippen LogP contribution in [-0.4, -0.2) is 24.5 Å². The lowest BCUT2D eigenvalue weighted by molar-refractivity contribution is -0.149. The predicted molar refractivity (Wildman–Crippen MR) is 70.9 cm³/mol. The molecule has 4 nitrogen and oxygen atoms in total. The van der Waals surface area contributed by atoms with Crippen LogP contribution in [0, 0.1) is 0 Å². The lowest BCUT2D eigenvalue weighted by Crippen LogP contribution is -2.36. The molecule has 0 atom stereocenters. The molecule has 0 aliphatic carbocycles. The van der Waals surface area contributed by atoms with Crippen molar-refractivity contribution >= 4 is 27.7 Å². The number of rotatable bonds is 4. The van der Waals surface area contributed by atoms with E-state index < -0.39 is 11.6 Å². The first kappa shape index (κ1) is 14.7. The van der Waals surface area contributed by atoms with E-state index in [0.29, 0.717) is 11.3 Å². The van der Waals surface area contributed by atoms with E-state index >= 15 is 0 Å². The minimum atomic E-state index is -1.19. The highest BCUT2D eigenvalue weighted by atomic mass is 79.9. The van der Waals surface area contributed by atoms with Gasteiger partial charge in [-0.3, -0.25) is 9.59 Å². The van der Waals surface area contributed by atoms with E-state index in [1.807, 2.05) is 0 Å². The fourth-order valence-corrected chi connectivity index (χ4v) is 1.96. The number of benzene rings is 1. The third-order valence-corrected chi connectivity index (χ3v) is 3.01.